The summed E-state index contributed by atoms with van der Waals surface area (Å²) in [6, 6.07) is 0. The maximum Gasteiger partial charge on any atom is 0.184 e. The first-order valence-electron chi connectivity index (χ1n) is 4.56. The van der Waals surface area contributed by atoms with Gasteiger partial charge in [-0.1, -0.05) is 0 Å². The van der Waals surface area contributed by atoms with Crippen molar-refractivity contribution in [2.24, 2.45) is 0 Å². The molecule has 0 saturated heterocycles. The zero-order valence-corrected chi connectivity index (χ0v) is 8.76. The highest BCUT2D eigenvalue weighted by Crippen LogP contribution is 2.15. The van der Waals surface area contributed by atoms with Crippen LogP contribution in [0, 0.1) is 0 Å². The summed E-state index contributed by atoms with van der Waals surface area (Å²) in [4.78, 5) is 6.36. The van der Waals surface area contributed by atoms with Crippen LogP contribution < -0.4 is 4.90 Å². The van der Waals surface area contributed by atoms with Gasteiger partial charge in [0.05, 0.1) is 0 Å². The number of nitrogens with zero attached hydrogens (tertiary/aromatic N) is 2. The van der Waals surface area contributed by atoms with Crippen LogP contribution in [-0.2, 0) is 0 Å². The number of aliphatic hydroxyl groups excluding tert-OH is 1. The third-order valence-electron chi connectivity index (χ3n) is 1.90. The maximum absolute atomic E-state index is 8.59. The first-order valence-corrected chi connectivity index (χ1v) is 5.44. The number of anilines is 1. The molecule has 1 aromatic rings. The van der Waals surface area contributed by atoms with Crippen LogP contribution in [0.2, 0.25) is 0 Å². The molecule has 0 amide bonds. The van der Waals surface area contributed by atoms with Crippen LogP contribution in [0.5, 0.6) is 0 Å². The second kappa shape index (κ2) is 5.94. The van der Waals surface area contributed by atoms with E-state index in [0.717, 1.165) is 30.9 Å². The molecule has 0 aliphatic rings. The van der Waals surface area contributed by atoms with E-state index in [4.69, 9.17) is 5.11 Å². The first kappa shape index (κ1) is 10.5. The highest BCUT2D eigenvalue weighted by Gasteiger charge is 2.01. The fourth-order valence-electron chi connectivity index (χ4n) is 1.14. The lowest BCUT2D eigenvalue weighted by Crippen LogP contribution is -2.18. The smallest absolute Gasteiger partial charge is 0.184 e. The highest BCUT2D eigenvalue weighted by atomic mass is 32.1. The molecule has 0 aliphatic heterocycles. The van der Waals surface area contributed by atoms with Gasteiger partial charge in [0.15, 0.2) is 5.13 Å². The van der Waals surface area contributed by atoms with E-state index in [9.17, 15) is 0 Å². The largest absolute Gasteiger partial charge is 0.396 e. The Labute approximate surface area is 83.0 Å². The minimum absolute atomic E-state index is 0.307. The van der Waals surface area contributed by atoms with Crippen molar-refractivity contribution in [2.75, 3.05) is 25.1 Å². The molecule has 0 spiro atoms. The number of aliphatic hydroxyl groups is 1. The second-order valence-corrected chi connectivity index (χ2v) is 3.89. The summed E-state index contributed by atoms with van der Waals surface area (Å²) in [5.74, 6) is 0. The molecule has 74 valence electrons. The van der Waals surface area contributed by atoms with E-state index in [1.807, 2.05) is 11.6 Å². The highest BCUT2D eigenvalue weighted by molar-refractivity contribution is 7.13. The predicted octanol–water partition coefficient (Wildman–Crippen LogP) is 1.74. The second-order valence-electron chi connectivity index (χ2n) is 3.02. The van der Waals surface area contributed by atoms with Crippen molar-refractivity contribution >= 4 is 16.5 Å². The quantitative estimate of drug-likeness (QED) is 0.711. The van der Waals surface area contributed by atoms with Gasteiger partial charge in [0.25, 0.3) is 0 Å². The first-order chi connectivity index (χ1) is 6.34. The van der Waals surface area contributed by atoms with Gasteiger partial charge in [-0.25, -0.2) is 4.98 Å². The van der Waals surface area contributed by atoms with Crippen molar-refractivity contribution in [3.63, 3.8) is 0 Å². The third kappa shape index (κ3) is 3.74. The van der Waals surface area contributed by atoms with Gasteiger partial charge in [-0.05, 0) is 19.3 Å². The van der Waals surface area contributed by atoms with Crippen molar-refractivity contribution in [1.29, 1.82) is 0 Å². The van der Waals surface area contributed by atoms with Crippen LogP contribution >= 0.6 is 11.3 Å². The van der Waals surface area contributed by atoms with Crippen LogP contribution in [-0.4, -0.2) is 30.3 Å². The van der Waals surface area contributed by atoms with Gasteiger partial charge in [-0.2, -0.15) is 0 Å². The normalized spacial score (nSPS) is 10.3. The molecule has 0 radical (unpaired) electrons. The van der Waals surface area contributed by atoms with Crippen LogP contribution in [0.25, 0.3) is 0 Å². The Kier molecular flexibility index (Phi) is 4.78. The molecule has 3 nitrogen and oxygen atoms in total. The molecular weight excluding hydrogens is 184 g/mol. The lowest BCUT2D eigenvalue weighted by atomic mass is 10.2. The van der Waals surface area contributed by atoms with Gasteiger partial charge >= 0.3 is 0 Å². The molecule has 0 saturated carbocycles. The fraction of sp³-hybridized carbons (Fsp3) is 0.667. The van der Waals surface area contributed by atoms with Gasteiger partial charge in [0.2, 0.25) is 0 Å². The lowest BCUT2D eigenvalue weighted by molar-refractivity contribution is 0.283. The van der Waals surface area contributed by atoms with Crippen molar-refractivity contribution in [1.82, 2.24) is 4.98 Å². The monoisotopic (exact) mass is 200 g/mol. The summed E-state index contributed by atoms with van der Waals surface area (Å²) < 4.78 is 0. The number of hydrogen-bond acceptors (Lipinski definition) is 4. The number of thiazole rings is 1. The summed E-state index contributed by atoms with van der Waals surface area (Å²) in [6.45, 7) is 1.33. The van der Waals surface area contributed by atoms with Crippen molar-refractivity contribution in [2.45, 2.75) is 19.3 Å². The van der Waals surface area contributed by atoms with E-state index in [0.29, 0.717) is 6.61 Å². The van der Waals surface area contributed by atoms with Gasteiger partial charge in [0, 0.05) is 31.8 Å². The maximum atomic E-state index is 8.59. The average molecular weight is 200 g/mol. The van der Waals surface area contributed by atoms with Crippen LogP contribution in [0.1, 0.15) is 19.3 Å². The minimum atomic E-state index is 0.307. The molecule has 0 unspecified atom stereocenters. The number of aromatic nitrogens is 1. The Balaban J connectivity index is 2.15. The third-order valence-corrected chi connectivity index (χ3v) is 2.78. The Bertz CT molecular complexity index is 213. The Morgan fingerprint density at radius 2 is 2.31 bits per heavy atom. The zero-order valence-electron chi connectivity index (χ0n) is 7.94. The predicted molar refractivity (Wildman–Crippen MR) is 56.3 cm³/mol. The van der Waals surface area contributed by atoms with Crippen molar-refractivity contribution in [3.05, 3.63) is 11.6 Å². The molecule has 0 atom stereocenters. The van der Waals surface area contributed by atoms with E-state index in [2.05, 4.69) is 16.9 Å². The Hall–Kier alpha value is -0.610. The van der Waals surface area contributed by atoms with E-state index in [1.165, 1.54) is 0 Å². The van der Waals surface area contributed by atoms with E-state index < -0.39 is 0 Å². The fourth-order valence-corrected chi connectivity index (χ4v) is 1.77. The molecule has 13 heavy (non-hydrogen) atoms. The van der Waals surface area contributed by atoms with Crippen LogP contribution in [0.15, 0.2) is 11.6 Å². The number of rotatable bonds is 6. The summed E-state index contributed by atoms with van der Waals surface area (Å²) in [7, 11) is 2.05. The van der Waals surface area contributed by atoms with E-state index in [-0.39, 0.29) is 0 Å². The molecule has 0 aromatic carbocycles. The summed E-state index contributed by atoms with van der Waals surface area (Å²) >= 11 is 1.66. The molecular formula is C9H16N2OS. The van der Waals surface area contributed by atoms with Gasteiger partial charge in [-0.3, -0.25) is 0 Å². The molecule has 1 rings (SSSR count). The number of unbranched alkanes of at least 4 members (excludes halogenated alkanes) is 2. The summed E-state index contributed by atoms with van der Waals surface area (Å²) in [6.07, 6.45) is 4.94. The molecule has 4 heteroatoms. The SMILES string of the molecule is CN(CCCCCO)c1nccs1. The van der Waals surface area contributed by atoms with Gasteiger partial charge in [0.1, 0.15) is 0 Å². The molecule has 1 N–H and O–H groups in total. The zero-order chi connectivity index (χ0) is 9.52. The van der Waals surface area contributed by atoms with Crippen LogP contribution in [0.4, 0.5) is 5.13 Å². The van der Waals surface area contributed by atoms with Crippen LogP contribution in [0.3, 0.4) is 0 Å². The Morgan fingerprint density at radius 1 is 1.46 bits per heavy atom. The van der Waals surface area contributed by atoms with Gasteiger partial charge in [-0.15, -0.1) is 11.3 Å². The lowest BCUT2D eigenvalue weighted by Gasteiger charge is -2.14. The average Bonchev–Trinajstić information content (AvgIpc) is 2.65. The minimum Gasteiger partial charge on any atom is -0.396 e. The summed E-state index contributed by atoms with van der Waals surface area (Å²) in [5.41, 5.74) is 0. The molecule has 1 heterocycles. The van der Waals surface area contributed by atoms with Crippen molar-refractivity contribution in [3.8, 4) is 0 Å². The molecule has 1 aromatic heterocycles. The van der Waals surface area contributed by atoms with E-state index >= 15 is 0 Å². The topological polar surface area (TPSA) is 36.4 Å². The molecule has 0 fully saturated rings. The van der Waals surface area contributed by atoms with E-state index in [1.54, 1.807) is 11.3 Å². The summed E-state index contributed by atoms with van der Waals surface area (Å²) in [5, 5.41) is 11.7. The van der Waals surface area contributed by atoms with Crippen molar-refractivity contribution < 1.29 is 5.11 Å². The van der Waals surface area contributed by atoms with Gasteiger partial charge < -0.3 is 10.0 Å². The molecule has 0 bridgehead atoms. The standard InChI is InChI=1S/C9H16N2OS/c1-11(6-3-2-4-7-12)9-10-5-8-13-9/h5,8,12H,2-4,6-7H2,1H3. The number of hydrogen-bond donors (Lipinski definition) is 1. The Morgan fingerprint density at radius 3 is 2.92 bits per heavy atom. The molecule has 0 aliphatic carbocycles.